The van der Waals surface area contributed by atoms with Crippen molar-refractivity contribution in [1.82, 2.24) is 14.9 Å². The van der Waals surface area contributed by atoms with Crippen molar-refractivity contribution < 1.29 is 9.53 Å². The molecule has 7 heteroatoms. The van der Waals surface area contributed by atoms with Crippen molar-refractivity contribution in [2.24, 2.45) is 0 Å². The normalized spacial score (nSPS) is 17.4. The minimum atomic E-state index is -0.433. The molecule has 2 N–H and O–H groups in total. The number of hydrogen-bond donors (Lipinski definition) is 1. The van der Waals surface area contributed by atoms with Gasteiger partial charge in [0.15, 0.2) is 0 Å². The molecule has 1 aromatic heterocycles. The number of carbonyl (C=O) groups is 1. The molecule has 0 radical (unpaired) electrons. The van der Waals surface area contributed by atoms with Crippen LogP contribution < -0.4 is 10.1 Å². The molecule has 0 spiro atoms. The molecule has 21 heavy (non-hydrogen) atoms. The summed E-state index contributed by atoms with van der Waals surface area (Å²) in [5.41, 5.74) is 5.45. The first-order valence-electron chi connectivity index (χ1n) is 7.15. The average Bonchev–Trinajstić information content (AvgIpc) is 2.40. The van der Waals surface area contributed by atoms with E-state index in [1.54, 1.807) is 4.90 Å². The van der Waals surface area contributed by atoms with Gasteiger partial charge in [-0.2, -0.15) is 0 Å². The number of carbonyl (C=O) groups excluding carboxylic acids is 1. The molecule has 2 rings (SSSR count). The van der Waals surface area contributed by atoms with Crippen LogP contribution in [-0.2, 0) is 4.74 Å². The summed E-state index contributed by atoms with van der Waals surface area (Å²) in [6.45, 7) is 7.19. The van der Waals surface area contributed by atoms with Gasteiger partial charge in [-0.15, -0.1) is 0 Å². The van der Waals surface area contributed by atoms with Gasteiger partial charge in [0.1, 0.15) is 0 Å². The number of piperidine rings is 1. The number of nitrogens with zero attached hydrogens (tertiary/aromatic N) is 3. The Kier molecular flexibility index (Phi) is 5.09. The number of ether oxygens (including phenoxy) is 1. The SMILES string of the molecule is CC(C)(C)OC(=O)N1CCC([AsH]c2cncnc2N)CC1. The molecule has 1 amide bonds. The second-order valence-electron chi connectivity index (χ2n) is 6.21. The summed E-state index contributed by atoms with van der Waals surface area (Å²) in [5, 5.41) is 0. The third kappa shape index (κ3) is 4.88. The molecule has 1 fully saturated rings. The van der Waals surface area contributed by atoms with E-state index in [2.05, 4.69) is 9.97 Å². The third-order valence-electron chi connectivity index (χ3n) is 3.25. The van der Waals surface area contributed by atoms with Gasteiger partial charge in [-0.05, 0) is 0 Å². The average molecular weight is 354 g/mol. The minimum absolute atomic E-state index is 0.205. The Morgan fingerprint density at radius 3 is 2.67 bits per heavy atom. The Hall–Kier alpha value is -1.29. The van der Waals surface area contributed by atoms with Crippen LogP contribution in [0, 0.1) is 0 Å². The van der Waals surface area contributed by atoms with Crippen molar-refractivity contribution in [2.45, 2.75) is 43.9 Å². The Bertz CT molecular complexity index is 496. The van der Waals surface area contributed by atoms with Crippen LogP contribution in [0.1, 0.15) is 33.6 Å². The molecular formula is C14H23AsN4O2. The fourth-order valence-electron chi connectivity index (χ4n) is 2.20. The van der Waals surface area contributed by atoms with Gasteiger partial charge in [0.25, 0.3) is 0 Å². The van der Waals surface area contributed by atoms with Gasteiger partial charge >= 0.3 is 132 Å². The van der Waals surface area contributed by atoms with Crippen molar-refractivity contribution in [1.29, 1.82) is 0 Å². The predicted octanol–water partition coefficient (Wildman–Crippen LogP) is 0.940. The molecular weight excluding hydrogens is 331 g/mol. The molecule has 0 saturated carbocycles. The van der Waals surface area contributed by atoms with E-state index in [1.165, 1.54) is 6.33 Å². The zero-order valence-corrected chi connectivity index (χ0v) is 14.9. The van der Waals surface area contributed by atoms with E-state index in [9.17, 15) is 4.79 Å². The molecule has 116 valence electrons. The van der Waals surface area contributed by atoms with Crippen molar-refractivity contribution in [3.8, 4) is 0 Å². The molecule has 1 aliphatic heterocycles. The van der Waals surface area contributed by atoms with Gasteiger partial charge in [0.05, 0.1) is 0 Å². The van der Waals surface area contributed by atoms with Crippen LogP contribution >= 0.6 is 0 Å². The first-order chi connectivity index (χ1) is 9.85. The summed E-state index contributed by atoms with van der Waals surface area (Å²) in [6, 6.07) is 0. The zero-order chi connectivity index (χ0) is 15.5. The molecule has 0 aliphatic carbocycles. The van der Waals surface area contributed by atoms with E-state index in [1.807, 2.05) is 27.0 Å². The second kappa shape index (κ2) is 6.65. The van der Waals surface area contributed by atoms with Gasteiger partial charge in [0, 0.05) is 0 Å². The molecule has 1 unspecified atom stereocenters. The summed E-state index contributed by atoms with van der Waals surface area (Å²) in [7, 11) is 0. The van der Waals surface area contributed by atoms with Gasteiger partial charge < -0.3 is 0 Å². The van der Waals surface area contributed by atoms with Crippen LogP contribution in [0.15, 0.2) is 12.5 Å². The van der Waals surface area contributed by atoms with Gasteiger partial charge in [-0.25, -0.2) is 0 Å². The first-order valence-corrected chi connectivity index (χ1v) is 9.41. The van der Waals surface area contributed by atoms with Crippen molar-refractivity contribution >= 4 is 32.0 Å². The Labute approximate surface area is 132 Å². The van der Waals surface area contributed by atoms with Crippen molar-refractivity contribution in [3.05, 3.63) is 12.5 Å². The number of nitrogens with two attached hydrogens (primary N) is 1. The van der Waals surface area contributed by atoms with Crippen LogP contribution in [0.25, 0.3) is 0 Å². The number of nitrogen functional groups attached to an aromatic ring is 1. The van der Waals surface area contributed by atoms with E-state index in [-0.39, 0.29) is 21.8 Å². The standard InChI is InChI=1S/C14H23AsN4O2/c1-14(2,3)21-13(20)19-6-4-10(5-7-19)15-11-8-17-9-18-12(11)16/h8-10,15H,4-7H2,1-3H3,(H2,16,17,18). The summed E-state index contributed by atoms with van der Waals surface area (Å²) >= 11 is -0.359. The molecule has 2 heterocycles. The van der Waals surface area contributed by atoms with Crippen LogP contribution in [0.4, 0.5) is 10.6 Å². The maximum atomic E-state index is 12.0. The summed E-state index contributed by atoms with van der Waals surface area (Å²) in [6.07, 6.45) is 5.13. The first kappa shape index (κ1) is 16.1. The maximum absolute atomic E-state index is 12.0. The van der Waals surface area contributed by atoms with Crippen LogP contribution in [-0.4, -0.2) is 55.4 Å². The number of hydrogen-bond acceptors (Lipinski definition) is 5. The van der Waals surface area contributed by atoms with Crippen LogP contribution in [0.2, 0.25) is 4.71 Å². The van der Waals surface area contributed by atoms with Gasteiger partial charge in [-0.3, -0.25) is 0 Å². The van der Waals surface area contributed by atoms with E-state index >= 15 is 0 Å². The van der Waals surface area contributed by atoms with E-state index in [4.69, 9.17) is 10.5 Å². The molecule has 1 saturated heterocycles. The number of anilines is 1. The fraction of sp³-hybridized carbons (Fsp3) is 0.643. The van der Waals surface area contributed by atoms with Gasteiger partial charge in [0.2, 0.25) is 0 Å². The fourth-order valence-corrected chi connectivity index (χ4v) is 5.03. The molecule has 1 aromatic rings. The summed E-state index contributed by atoms with van der Waals surface area (Å²) in [5.74, 6) is 0.611. The topological polar surface area (TPSA) is 81.3 Å². The summed E-state index contributed by atoms with van der Waals surface area (Å²) < 4.78 is 7.16. The van der Waals surface area contributed by atoms with E-state index in [0.29, 0.717) is 10.5 Å². The molecule has 0 bridgehead atoms. The summed E-state index contributed by atoms with van der Waals surface area (Å²) in [4.78, 5) is 21.9. The molecule has 1 aliphatic rings. The Balaban J connectivity index is 1.83. The monoisotopic (exact) mass is 354 g/mol. The van der Waals surface area contributed by atoms with Crippen molar-refractivity contribution in [3.63, 3.8) is 0 Å². The Morgan fingerprint density at radius 2 is 2.10 bits per heavy atom. The molecule has 6 nitrogen and oxygen atoms in total. The van der Waals surface area contributed by atoms with E-state index in [0.717, 1.165) is 30.3 Å². The molecule has 1 atom stereocenters. The Morgan fingerprint density at radius 1 is 1.43 bits per heavy atom. The number of likely N-dealkylation sites (tertiary alicyclic amines) is 1. The number of rotatable bonds is 2. The van der Waals surface area contributed by atoms with Gasteiger partial charge in [-0.1, -0.05) is 0 Å². The van der Waals surface area contributed by atoms with Crippen molar-refractivity contribution in [2.75, 3.05) is 18.8 Å². The van der Waals surface area contributed by atoms with Crippen LogP contribution in [0.3, 0.4) is 0 Å². The second-order valence-corrected chi connectivity index (χ2v) is 9.66. The quantitative estimate of drug-likeness (QED) is 0.800. The van der Waals surface area contributed by atoms with E-state index < -0.39 is 5.60 Å². The number of aromatic nitrogens is 2. The predicted molar refractivity (Wildman–Crippen MR) is 84.0 cm³/mol. The van der Waals surface area contributed by atoms with Crippen LogP contribution in [0.5, 0.6) is 0 Å². The third-order valence-corrected chi connectivity index (χ3v) is 6.78. The number of amides is 1. The molecule has 0 aromatic carbocycles. The zero-order valence-electron chi connectivity index (χ0n) is 12.8.